The maximum atomic E-state index is 12.8. The molecule has 0 saturated heterocycles. The topological polar surface area (TPSA) is 96.9 Å². The Hall–Kier alpha value is -2.77. The lowest BCUT2D eigenvalue weighted by atomic mass is 10.1. The number of ether oxygens (including phenoxy) is 2. The lowest BCUT2D eigenvalue weighted by Gasteiger charge is -2.16. The number of benzene rings is 1. The Morgan fingerprint density at radius 1 is 1.34 bits per heavy atom. The zero-order valence-electron chi connectivity index (χ0n) is 18.9. The molecule has 0 atom stereocenters. The molecule has 0 spiro atoms. The number of halogens is 1. The van der Waals surface area contributed by atoms with Gasteiger partial charge in [0.15, 0.2) is 18.1 Å². The predicted octanol–water partition coefficient (Wildman–Crippen LogP) is 3.57. The van der Waals surface area contributed by atoms with Crippen LogP contribution in [0.2, 0.25) is 0 Å². The van der Waals surface area contributed by atoms with Crippen molar-refractivity contribution in [3.8, 4) is 17.6 Å². The molecule has 0 unspecified atom stereocenters. The van der Waals surface area contributed by atoms with E-state index in [1.54, 1.807) is 40.1 Å². The zero-order valence-corrected chi connectivity index (χ0v) is 21.3. The predicted molar refractivity (Wildman–Crippen MR) is 129 cm³/mol. The maximum Gasteiger partial charge on any atom is 0.289 e. The highest BCUT2D eigenvalue weighted by molar-refractivity contribution is 9.10. The van der Waals surface area contributed by atoms with Gasteiger partial charge in [0.1, 0.15) is 11.6 Å². The molecule has 1 aromatic heterocycles. The average molecular weight is 521 g/mol. The lowest BCUT2D eigenvalue weighted by Crippen LogP contribution is -2.27. The fourth-order valence-electron chi connectivity index (χ4n) is 2.92. The molecule has 10 heteroatoms. The van der Waals surface area contributed by atoms with Gasteiger partial charge in [0.25, 0.3) is 11.5 Å². The molecule has 0 radical (unpaired) electrons. The van der Waals surface area contributed by atoms with Crippen LogP contribution in [0.25, 0.3) is 0 Å². The van der Waals surface area contributed by atoms with Gasteiger partial charge in [-0.1, -0.05) is 0 Å². The van der Waals surface area contributed by atoms with Crippen LogP contribution in [0.1, 0.15) is 29.3 Å². The number of thioether (sulfide) groups is 1. The number of hydrogen-bond donors (Lipinski definition) is 0. The second-order valence-corrected chi connectivity index (χ2v) is 8.60. The molecule has 1 heterocycles. The van der Waals surface area contributed by atoms with E-state index in [1.165, 1.54) is 27.6 Å². The summed E-state index contributed by atoms with van der Waals surface area (Å²) < 4.78 is 13.2. The van der Waals surface area contributed by atoms with E-state index >= 15 is 0 Å². The maximum absolute atomic E-state index is 12.8. The number of likely N-dealkylation sites (N-methyl/N-ethyl adjacent to an activating group) is 1. The monoisotopic (exact) mass is 520 g/mol. The van der Waals surface area contributed by atoms with E-state index in [1.807, 2.05) is 19.2 Å². The third-order valence-electron chi connectivity index (χ3n) is 4.58. The van der Waals surface area contributed by atoms with Gasteiger partial charge in [-0.15, -0.1) is 11.8 Å². The lowest BCUT2D eigenvalue weighted by molar-refractivity contribution is -0.130. The van der Waals surface area contributed by atoms with E-state index in [0.717, 1.165) is 4.90 Å². The van der Waals surface area contributed by atoms with Crippen molar-refractivity contribution in [2.45, 2.75) is 25.7 Å². The van der Waals surface area contributed by atoms with Gasteiger partial charge in [-0.2, -0.15) is 15.0 Å². The SMILES string of the molecule is CCOc1cc(/C=N/n2c(C)c(SC)c(C)c(C#N)c2=O)cc(Br)c1OCC(=O)N(C)C. The van der Waals surface area contributed by atoms with Crippen LogP contribution in [0.3, 0.4) is 0 Å². The van der Waals surface area contributed by atoms with Gasteiger partial charge in [-0.05, 0) is 66.2 Å². The highest BCUT2D eigenvalue weighted by Crippen LogP contribution is 2.36. The molecule has 32 heavy (non-hydrogen) atoms. The second-order valence-electron chi connectivity index (χ2n) is 6.93. The van der Waals surface area contributed by atoms with Crippen LogP contribution in [0.15, 0.2) is 31.4 Å². The number of rotatable bonds is 8. The van der Waals surface area contributed by atoms with E-state index in [2.05, 4.69) is 21.0 Å². The van der Waals surface area contributed by atoms with E-state index in [0.29, 0.717) is 39.4 Å². The molecular formula is C22H25BrN4O4S. The van der Waals surface area contributed by atoms with Crippen LogP contribution in [-0.4, -0.2) is 55.3 Å². The average Bonchev–Trinajstić information content (AvgIpc) is 2.73. The number of nitrogens with zero attached hydrogens (tertiary/aromatic N) is 4. The molecule has 2 aromatic rings. The highest BCUT2D eigenvalue weighted by atomic mass is 79.9. The number of carbonyl (C=O) groups is 1. The van der Waals surface area contributed by atoms with Crippen LogP contribution in [0.5, 0.6) is 11.5 Å². The summed E-state index contributed by atoms with van der Waals surface area (Å²) in [6.07, 6.45) is 3.40. The van der Waals surface area contributed by atoms with Crippen LogP contribution in [-0.2, 0) is 4.79 Å². The van der Waals surface area contributed by atoms with E-state index in [-0.39, 0.29) is 18.1 Å². The number of carbonyl (C=O) groups excluding carboxylic acids is 1. The molecule has 8 nitrogen and oxygen atoms in total. The largest absolute Gasteiger partial charge is 0.490 e. The first kappa shape index (κ1) is 25.5. The van der Waals surface area contributed by atoms with Crippen molar-refractivity contribution in [2.75, 3.05) is 33.6 Å². The number of amides is 1. The number of nitriles is 1. The molecule has 0 saturated carbocycles. The van der Waals surface area contributed by atoms with Crippen molar-refractivity contribution in [3.05, 3.63) is 49.3 Å². The molecule has 0 aliphatic heterocycles. The molecule has 0 aliphatic carbocycles. The smallest absolute Gasteiger partial charge is 0.289 e. The highest BCUT2D eigenvalue weighted by Gasteiger charge is 2.17. The molecule has 0 aliphatic rings. The molecular weight excluding hydrogens is 496 g/mol. The van der Waals surface area contributed by atoms with Crippen molar-refractivity contribution in [2.24, 2.45) is 5.10 Å². The Labute approximate surface area is 199 Å². The van der Waals surface area contributed by atoms with Gasteiger partial charge < -0.3 is 14.4 Å². The minimum Gasteiger partial charge on any atom is -0.490 e. The van der Waals surface area contributed by atoms with Crippen LogP contribution < -0.4 is 15.0 Å². The Morgan fingerprint density at radius 2 is 2.03 bits per heavy atom. The summed E-state index contributed by atoms with van der Waals surface area (Å²) in [5, 5.41) is 13.8. The summed E-state index contributed by atoms with van der Waals surface area (Å²) in [7, 11) is 3.30. The third-order valence-corrected chi connectivity index (χ3v) is 6.18. The fraction of sp³-hybridized carbons (Fsp3) is 0.364. The van der Waals surface area contributed by atoms with Gasteiger partial charge in [0.2, 0.25) is 0 Å². The zero-order chi connectivity index (χ0) is 24.0. The minimum atomic E-state index is -0.470. The van der Waals surface area contributed by atoms with Gasteiger partial charge >= 0.3 is 0 Å². The van der Waals surface area contributed by atoms with Crippen LogP contribution >= 0.6 is 27.7 Å². The molecule has 0 fully saturated rings. The normalized spacial score (nSPS) is 10.8. The van der Waals surface area contributed by atoms with Crippen molar-refractivity contribution in [1.82, 2.24) is 9.58 Å². The molecule has 1 aromatic carbocycles. The Morgan fingerprint density at radius 3 is 2.59 bits per heavy atom. The Balaban J connectivity index is 2.49. The van der Waals surface area contributed by atoms with Gasteiger partial charge in [0.05, 0.1) is 23.0 Å². The molecule has 170 valence electrons. The van der Waals surface area contributed by atoms with E-state index < -0.39 is 5.56 Å². The Bertz CT molecular complexity index is 1150. The molecule has 2 rings (SSSR count). The number of aromatic nitrogens is 1. The summed E-state index contributed by atoms with van der Waals surface area (Å²) in [4.78, 5) is 26.9. The van der Waals surface area contributed by atoms with Crippen molar-refractivity contribution < 1.29 is 14.3 Å². The second kappa shape index (κ2) is 11.2. The third kappa shape index (κ3) is 5.53. The number of pyridine rings is 1. The van der Waals surface area contributed by atoms with Crippen molar-refractivity contribution in [3.63, 3.8) is 0 Å². The van der Waals surface area contributed by atoms with E-state index in [4.69, 9.17) is 9.47 Å². The molecule has 0 N–H and O–H groups in total. The fourth-order valence-corrected chi connectivity index (χ4v) is 4.29. The van der Waals surface area contributed by atoms with Gasteiger partial charge in [0, 0.05) is 19.0 Å². The number of hydrogen-bond acceptors (Lipinski definition) is 7. The van der Waals surface area contributed by atoms with Crippen LogP contribution in [0.4, 0.5) is 0 Å². The summed E-state index contributed by atoms with van der Waals surface area (Å²) in [6, 6.07) is 5.44. The van der Waals surface area contributed by atoms with E-state index in [9.17, 15) is 14.9 Å². The summed E-state index contributed by atoms with van der Waals surface area (Å²) in [6.45, 7) is 5.65. The standard InChI is InChI=1S/C22H25BrN4O4S/c1-7-30-18-9-15(8-17(23)20(18)31-12-19(28)26(4)5)11-25-27-14(3)21(32-6)13(2)16(10-24)22(27)29/h8-9,11H,7,12H2,1-6H3/b25-11+. The molecule has 0 bridgehead atoms. The first-order valence-electron chi connectivity index (χ1n) is 9.70. The minimum absolute atomic E-state index is 0.0718. The van der Waals surface area contributed by atoms with Gasteiger partial charge in [-0.3, -0.25) is 9.59 Å². The first-order chi connectivity index (χ1) is 15.2. The summed E-state index contributed by atoms with van der Waals surface area (Å²) in [5.41, 5.74) is 1.55. The van der Waals surface area contributed by atoms with Crippen molar-refractivity contribution >= 4 is 39.8 Å². The first-order valence-corrected chi connectivity index (χ1v) is 11.7. The Kier molecular flexibility index (Phi) is 8.92. The summed E-state index contributed by atoms with van der Waals surface area (Å²) >= 11 is 4.92. The quantitative estimate of drug-likeness (QED) is 0.389. The van der Waals surface area contributed by atoms with Crippen molar-refractivity contribution in [1.29, 1.82) is 5.26 Å². The van der Waals surface area contributed by atoms with Gasteiger partial charge in [-0.25, -0.2) is 0 Å². The summed E-state index contributed by atoms with van der Waals surface area (Å²) in [5.74, 6) is 0.654. The molecule has 1 amide bonds. The van der Waals surface area contributed by atoms with Crippen LogP contribution in [0, 0.1) is 25.2 Å².